The molecule has 19 heavy (non-hydrogen) atoms. The van der Waals surface area contributed by atoms with Gasteiger partial charge in [-0.25, -0.2) is 8.42 Å². The summed E-state index contributed by atoms with van der Waals surface area (Å²) in [5.74, 6) is 0.545. The van der Waals surface area contributed by atoms with E-state index in [9.17, 15) is 8.42 Å². The molecule has 1 atom stereocenters. The minimum absolute atomic E-state index is 0.104. The van der Waals surface area contributed by atoms with E-state index in [0.717, 1.165) is 30.7 Å². The third kappa shape index (κ3) is 3.37. The zero-order valence-corrected chi connectivity index (χ0v) is 13.4. The molecule has 0 aliphatic heterocycles. The average molecular weight is 302 g/mol. The zero-order chi connectivity index (χ0) is 14.0. The summed E-state index contributed by atoms with van der Waals surface area (Å²) in [7, 11) is 0.283. The minimum atomic E-state index is -3.32. The SMILES string of the molecule is CNCCc1ccc(S(=O)(=O)N(C)C(C)C2CC2)s1. The van der Waals surface area contributed by atoms with Gasteiger partial charge >= 0.3 is 0 Å². The van der Waals surface area contributed by atoms with Gasteiger partial charge in [-0.1, -0.05) is 0 Å². The Hall–Kier alpha value is -0.430. The van der Waals surface area contributed by atoms with Crippen molar-refractivity contribution in [1.29, 1.82) is 0 Å². The molecule has 2 rings (SSSR count). The van der Waals surface area contributed by atoms with Crippen molar-refractivity contribution >= 4 is 21.4 Å². The van der Waals surface area contributed by atoms with Crippen LogP contribution in [0.5, 0.6) is 0 Å². The van der Waals surface area contributed by atoms with Crippen LogP contribution in [0.25, 0.3) is 0 Å². The summed E-state index contributed by atoms with van der Waals surface area (Å²) < 4.78 is 27.0. The molecule has 1 aliphatic carbocycles. The summed E-state index contributed by atoms with van der Waals surface area (Å²) in [4.78, 5) is 1.11. The summed E-state index contributed by atoms with van der Waals surface area (Å²) in [6.07, 6.45) is 3.18. The molecule has 1 aromatic heterocycles. The van der Waals surface area contributed by atoms with Crippen molar-refractivity contribution < 1.29 is 8.42 Å². The van der Waals surface area contributed by atoms with E-state index in [2.05, 4.69) is 5.32 Å². The molecule has 0 aromatic carbocycles. The maximum atomic E-state index is 12.5. The van der Waals surface area contributed by atoms with Gasteiger partial charge in [0.1, 0.15) is 4.21 Å². The summed E-state index contributed by atoms with van der Waals surface area (Å²) >= 11 is 1.39. The second-order valence-electron chi connectivity index (χ2n) is 5.17. The number of rotatable bonds is 7. The molecule has 1 aromatic rings. The Labute approximate surface area is 119 Å². The van der Waals surface area contributed by atoms with Gasteiger partial charge in [-0.15, -0.1) is 11.3 Å². The fraction of sp³-hybridized carbons (Fsp3) is 0.692. The van der Waals surface area contributed by atoms with E-state index in [-0.39, 0.29) is 6.04 Å². The number of sulfonamides is 1. The number of nitrogens with zero attached hydrogens (tertiary/aromatic N) is 1. The van der Waals surface area contributed by atoms with Crippen LogP contribution in [0.4, 0.5) is 0 Å². The predicted molar refractivity (Wildman–Crippen MR) is 79.1 cm³/mol. The molecule has 1 fully saturated rings. The fourth-order valence-electron chi connectivity index (χ4n) is 2.12. The predicted octanol–water partition coefficient (Wildman–Crippen LogP) is 1.93. The monoisotopic (exact) mass is 302 g/mol. The lowest BCUT2D eigenvalue weighted by atomic mass is 10.2. The molecule has 0 spiro atoms. The first-order chi connectivity index (χ1) is 8.96. The molecule has 1 heterocycles. The van der Waals surface area contributed by atoms with Crippen molar-refractivity contribution in [2.75, 3.05) is 20.6 Å². The minimum Gasteiger partial charge on any atom is -0.319 e. The number of hydrogen-bond acceptors (Lipinski definition) is 4. The molecule has 0 radical (unpaired) electrons. The van der Waals surface area contributed by atoms with Gasteiger partial charge in [0.15, 0.2) is 0 Å². The number of thiophene rings is 1. The highest BCUT2D eigenvalue weighted by Gasteiger charge is 2.36. The Bertz CT molecular complexity index is 521. The molecule has 6 heteroatoms. The maximum Gasteiger partial charge on any atom is 0.252 e. The van der Waals surface area contributed by atoms with Crippen molar-refractivity contribution in [2.45, 2.75) is 36.4 Å². The van der Waals surface area contributed by atoms with Gasteiger partial charge < -0.3 is 5.32 Å². The van der Waals surface area contributed by atoms with Crippen LogP contribution in [0.1, 0.15) is 24.6 Å². The lowest BCUT2D eigenvalue weighted by Crippen LogP contribution is -2.36. The highest BCUT2D eigenvalue weighted by molar-refractivity contribution is 7.91. The topological polar surface area (TPSA) is 49.4 Å². The largest absolute Gasteiger partial charge is 0.319 e. The van der Waals surface area contributed by atoms with E-state index in [4.69, 9.17) is 0 Å². The highest BCUT2D eigenvalue weighted by Crippen LogP contribution is 2.37. The van der Waals surface area contributed by atoms with Crippen LogP contribution in [0.15, 0.2) is 16.3 Å². The highest BCUT2D eigenvalue weighted by atomic mass is 32.2. The molecule has 1 aliphatic rings. The van der Waals surface area contributed by atoms with Crippen LogP contribution in [0.3, 0.4) is 0 Å². The van der Waals surface area contributed by atoms with Gasteiger partial charge in [-0.05, 0) is 57.8 Å². The third-order valence-corrected chi connectivity index (χ3v) is 7.33. The van der Waals surface area contributed by atoms with E-state index >= 15 is 0 Å². The van der Waals surface area contributed by atoms with E-state index in [0.29, 0.717) is 10.1 Å². The molecule has 0 amide bonds. The van der Waals surface area contributed by atoms with Crippen molar-refractivity contribution in [2.24, 2.45) is 5.92 Å². The van der Waals surface area contributed by atoms with Gasteiger partial charge in [-0.2, -0.15) is 4.31 Å². The summed E-state index contributed by atoms with van der Waals surface area (Å²) in [5, 5.41) is 3.08. The first-order valence-electron chi connectivity index (χ1n) is 6.68. The van der Waals surface area contributed by atoms with Gasteiger partial charge in [0.25, 0.3) is 10.0 Å². The third-order valence-electron chi connectivity index (χ3n) is 3.77. The van der Waals surface area contributed by atoms with E-state index in [1.807, 2.05) is 20.0 Å². The molecule has 1 N–H and O–H groups in total. The first kappa shape index (κ1) is 15.0. The fourth-order valence-corrected chi connectivity index (χ4v) is 5.08. The van der Waals surface area contributed by atoms with Crippen molar-refractivity contribution in [3.63, 3.8) is 0 Å². The van der Waals surface area contributed by atoms with E-state index in [1.165, 1.54) is 11.3 Å². The molecular weight excluding hydrogens is 280 g/mol. The van der Waals surface area contributed by atoms with Crippen LogP contribution in [-0.4, -0.2) is 39.4 Å². The van der Waals surface area contributed by atoms with Crippen molar-refractivity contribution in [1.82, 2.24) is 9.62 Å². The van der Waals surface area contributed by atoms with Crippen molar-refractivity contribution in [3.05, 3.63) is 17.0 Å². The van der Waals surface area contributed by atoms with Gasteiger partial charge in [0.05, 0.1) is 0 Å². The Kier molecular flexibility index (Phi) is 4.66. The van der Waals surface area contributed by atoms with Gasteiger partial charge in [0.2, 0.25) is 0 Å². The van der Waals surface area contributed by atoms with Crippen LogP contribution >= 0.6 is 11.3 Å². The molecular formula is C13H22N2O2S2. The van der Waals surface area contributed by atoms with Crippen LogP contribution < -0.4 is 5.32 Å². The Morgan fingerprint density at radius 3 is 2.74 bits per heavy atom. The number of nitrogens with one attached hydrogen (secondary N) is 1. The number of likely N-dealkylation sites (N-methyl/N-ethyl adjacent to an activating group) is 1. The molecule has 1 saturated carbocycles. The summed E-state index contributed by atoms with van der Waals surface area (Å²) in [6.45, 7) is 2.87. The van der Waals surface area contributed by atoms with Gasteiger partial charge in [-0.3, -0.25) is 0 Å². The zero-order valence-electron chi connectivity index (χ0n) is 11.7. The second kappa shape index (κ2) is 5.91. The average Bonchev–Trinajstić information content (AvgIpc) is 3.12. The quantitative estimate of drug-likeness (QED) is 0.837. The molecule has 0 saturated heterocycles. The molecule has 0 bridgehead atoms. The summed E-state index contributed by atoms with van der Waals surface area (Å²) in [6, 6.07) is 3.76. The lowest BCUT2D eigenvalue weighted by molar-refractivity contribution is 0.358. The van der Waals surface area contributed by atoms with Crippen LogP contribution in [0.2, 0.25) is 0 Å². The second-order valence-corrected chi connectivity index (χ2v) is 8.57. The normalized spacial score (nSPS) is 17.9. The molecule has 1 unspecified atom stereocenters. The van der Waals surface area contributed by atoms with Crippen LogP contribution in [-0.2, 0) is 16.4 Å². The smallest absolute Gasteiger partial charge is 0.252 e. The summed E-state index contributed by atoms with van der Waals surface area (Å²) in [5.41, 5.74) is 0. The Balaban J connectivity index is 2.11. The first-order valence-corrected chi connectivity index (χ1v) is 8.94. The van der Waals surface area contributed by atoms with Gasteiger partial charge in [0, 0.05) is 18.0 Å². The molecule has 4 nitrogen and oxygen atoms in total. The number of hydrogen-bond donors (Lipinski definition) is 1. The van der Waals surface area contributed by atoms with Crippen LogP contribution in [0, 0.1) is 5.92 Å². The van der Waals surface area contributed by atoms with Crippen molar-refractivity contribution in [3.8, 4) is 0 Å². The standard InChI is InChI=1S/C13H22N2O2S2/c1-10(11-4-5-11)15(3)19(16,17)13-7-6-12(18-13)8-9-14-2/h6-7,10-11,14H,4-5,8-9H2,1-3H3. The Morgan fingerprint density at radius 2 is 2.16 bits per heavy atom. The van der Waals surface area contributed by atoms with E-state index < -0.39 is 10.0 Å². The van der Waals surface area contributed by atoms with E-state index in [1.54, 1.807) is 17.4 Å². The molecule has 108 valence electrons. The maximum absolute atomic E-state index is 12.5. The lowest BCUT2D eigenvalue weighted by Gasteiger charge is -2.23. The Morgan fingerprint density at radius 1 is 1.47 bits per heavy atom.